The SMILES string of the molecule is CSCC/C=N/N=C(N)N.Cc1cc(O)c(C(C)C)cc1S(=O)(=O)O. The topological polar surface area (TPSA) is 151 Å². The number of guanidine groups is 1. The van der Waals surface area contributed by atoms with Gasteiger partial charge in [-0.15, -0.1) is 5.10 Å². The maximum absolute atomic E-state index is 11.0. The third kappa shape index (κ3) is 9.32. The van der Waals surface area contributed by atoms with Crippen molar-refractivity contribution in [2.24, 2.45) is 21.7 Å². The average Bonchev–Trinajstić information content (AvgIpc) is 2.45. The molecule has 8 nitrogen and oxygen atoms in total. The van der Waals surface area contributed by atoms with E-state index in [1.807, 2.05) is 20.1 Å². The number of thioether (sulfide) groups is 1. The molecule has 0 saturated carbocycles. The van der Waals surface area contributed by atoms with Gasteiger partial charge in [-0.2, -0.15) is 25.3 Å². The second-order valence-electron chi connectivity index (χ2n) is 5.41. The predicted molar refractivity (Wildman–Crippen MR) is 104 cm³/mol. The standard InChI is InChI=1S/C10H14O4S.C5H12N4S/c1-6(2)8-5-10(15(12,13)14)7(3)4-9(8)11;1-10-4-2-3-8-9-5(6)7/h4-6,11H,1-3H3,(H,12,13,14);3H,2,4H2,1H3,(H4,6,7,9)/b;8-3+. The summed E-state index contributed by atoms with van der Waals surface area (Å²) in [4.78, 5) is -0.149. The molecule has 0 aliphatic carbocycles. The van der Waals surface area contributed by atoms with Crippen LogP contribution in [0.4, 0.5) is 0 Å². The zero-order valence-corrected chi connectivity index (χ0v) is 16.4. The first-order valence-electron chi connectivity index (χ1n) is 7.41. The maximum Gasteiger partial charge on any atom is 0.294 e. The van der Waals surface area contributed by atoms with E-state index in [0.29, 0.717) is 11.1 Å². The van der Waals surface area contributed by atoms with Crippen LogP contribution in [0.15, 0.2) is 27.2 Å². The van der Waals surface area contributed by atoms with Crippen molar-refractivity contribution in [3.63, 3.8) is 0 Å². The van der Waals surface area contributed by atoms with E-state index >= 15 is 0 Å². The van der Waals surface area contributed by atoms with E-state index in [2.05, 4.69) is 10.2 Å². The van der Waals surface area contributed by atoms with Crippen LogP contribution in [0.5, 0.6) is 5.75 Å². The lowest BCUT2D eigenvalue weighted by Gasteiger charge is -2.11. The third-order valence-electron chi connectivity index (χ3n) is 2.93. The van der Waals surface area contributed by atoms with Gasteiger partial charge in [-0.1, -0.05) is 13.8 Å². The minimum Gasteiger partial charge on any atom is -0.508 e. The summed E-state index contributed by atoms with van der Waals surface area (Å²) in [5.41, 5.74) is 10.9. The van der Waals surface area contributed by atoms with Gasteiger partial charge in [0, 0.05) is 6.21 Å². The van der Waals surface area contributed by atoms with Gasteiger partial charge in [-0.05, 0) is 54.5 Å². The summed E-state index contributed by atoms with van der Waals surface area (Å²) in [6, 6.07) is 2.66. The molecule has 0 saturated heterocycles. The molecule has 0 atom stereocenters. The van der Waals surface area contributed by atoms with Gasteiger partial charge in [0.25, 0.3) is 10.1 Å². The highest BCUT2D eigenvalue weighted by atomic mass is 32.2. The van der Waals surface area contributed by atoms with Gasteiger partial charge in [0.05, 0.1) is 4.90 Å². The van der Waals surface area contributed by atoms with E-state index in [9.17, 15) is 13.5 Å². The Labute approximate surface area is 153 Å². The Morgan fingerprint density at radius 3 is 2.40 bits per heavy atom. The molecule has 0 radical (unpaired) electrons. The zero-order valence-electron chi connectivity index (χ0n) is 14.8. The van der Waals surface area contributed by atoms with Gasteiger partial charge in [-0.3, -0.25) is 4.55 Å². The second kappa shape index (κ2) is 11.0. The van der Waals surface area contributed by atoms with Crippen molar-refractivity contribution in [2.45, 2.75) is 38.0 Å². The molecular weight excluding hydrogens is 364 g/mol. The van der Waals surface area contributed by atoms with E-state index in [0.717, 1.165) is 12.2 Å². The van der Waals surface area contributed by atoms with Crippen LogP contribution in [0, 0.1) is 6.92 Å². The molecule has 142 valence electrons. The molecule has 25 heavy (non-hydrogen) atoms. The fourth-order valence-corrected chi connectivity index (χ4v) is 2.85. The molecule has 1 rings (SSSR count). The van der Waals surface area contributed by atoms with Gasteiger partial charge in [0.1, 0.15) is 5.75 Å². The number of hydrogen-bond acceptors (Lipinski definition) is 6. The fourth-order valence-electron chi connectivity index (χ4n) is 1.76. The van der Waals surface area contributed by atoms with Crippen molar-refractivity contribution in [2.75, 3.05) is 12.0 Å². The van der Waals surface area contributed by atoms with Crippen molar-refractivity contribution < 1.29 is 18.1 Å². The molecule has 0 aliphatic heterocycles. The summed E-state index contributed by atoms with van der Waals surface area (Å²) < 4.78 is 31.0. The first kappa shape index (κ1) is 23.2. The summed E-state index contributed by atoms with van der Waals surface area (Å²) in [6.07, 6.45) is 4.63. The zero-order chi connectivity index (χ0) is 19.6. The Morgan fingerprint density at radius 2 is 1.96 bits per heavy atom. The Bertz CT molecular complexity index is 712. The number of nitrogens with two attached hydrogens (primary N) is 2. The second-order valence-corrected chi connectivity index (χ2v) is 7.79. The van der Waals surface area contributed by atoms with E-state index in [4.69, 9.17) is 16.0 Å². The van der Waals surface area contributed by atoms with Crippen LogP contribution in [0.1, 0.15) is 37.3 Å². The molecule has 0 spiro atoms. The Balaban J connectivity index is 0.000000504. The van der Waals surface area contributed by atoms with E-state index in [1.165, 1.54) is 19.1 Å². The molecule has 10 heteroatoms. The van der Waals surface area contributed by atoms with Gasteiger partial charge in [0.2, 0.25) is 5.96 Å². The minimum atomic E-state index is -4.22. The van der Waals surface area contributed by atoms with Crippen molar-refractivity contribution >= 4 is 34.1 Å². The lowest BCUT2D eigenvalue weighted by atomic mass is 10.0. The summed E-state index contributed by atoms with van der Waals surface area (Å²) in [5.74, 6) is 1.09. The molecule has 0 aromatic heterocycles. The molecule has 1 aromatic rings. The van der Waals surface area contributed by atoms with E-state index < -0.39 is 10.1 Å². The largest absolute Gasteiger partial charge is 0.508 e. The van der Waals surface area contributed by atoms with Crippen LogP contribution in [0.25, 0.3) is 0 Å². The van der Waals surface area contributed by atoms with Crippen molar-refractivity contribution in [1.29, 1.82) is 0 Å². The molecule has 0 heterocycles. The van der Waals surface area contributed by atoms with Crippen LogP contribution >= 0.6 is 11.8 Å². The molecule has 0 bridgehead atoms. The number of aryl methyl sites for hydroxylation is 1. The lowest BCUT2D eigenvalue weighted by molar-refractivity contribution is 0.461. The molecule has 0 aliphatic rings. The minimum absolute atomic E-state index is 0.000372. The lowest BCUT2D eigenvalue weighted by Crippen LogP contribution is -2.21. The Hall–Kier alpha value is -1.78. The van der Waals surface area contributed by atoms with Crippen LogP contribution in [0.2, 0.25) is 0 Å². The number of phenols is 1. The average molecular weight is 391 g/mol. The van der Waals surface area contributed by atoms with E-state index in [1.54, 1.807) is 18.0 Å². The Kier molecular flexibility index (Phi) is 10.2. The summed E-state index contributed by atoms with van der Waals surface area (Å²) in [6.45, 7) is 5.18. The van der Waals surface area contributed by atoms with Crippen LogP contribution < -0.4 is 11.5 Å². The molecule has 1 aromatic carbocycles. The van der Waals surface area contributed by atoms with Crippen molar-refractivity contribution in [3.8, 4) is 5.75 Å². The number of aromatic hydroxyl groups is 1. The molecule has 0 fully saturated rings. The maximum atomic E-state index is 11.0. The first-order valence-corrected chi connectivity index (χ1v) is 10.2. The van der Waals surface area contributed by atoms with Gasteiger partial charge in [0.15, 0.2) is 0 Å². The van der Waals surface area contributed by atoms with Gasteiger partial charge >= 0.3 is 0 Å². The van der Waals surface area contributed by atoms with Crippen LogP contribution in [-0.4, -0.2) is 42.3 Å². The number of phenolic OH excluding ortho intramolecular Hbond substituents is 1. The van der Waals surface area contributed by atoms with Gasteiger partial charge in [-0.25, -0.2) is 0 Å². The molecule has 0 unspecified atom stereocenters. The normalized spacial score (nSPS) is 11.3. The summed E-state index contributed by atoms with van der Waals surface area (Å²) in [7, 11) is -4.22. The monoisotopic (exact) mass is 390 g/mol. The highest BCUT2D eigenvalue weighted by Crippen LogP contribution is 2.30. The Morgan fingerprint density at radius 1 is 1.36 bits per heavy atom. The smallest absolute Gasteiger partial charge is 0.294 e. The van der Waals surface area contributed by atoms with Crippen molar-refractivity contribution in [1.82, 2.24) is 0 Å². The fraction of sp³-hybridized carbons (Fsp3) is 0.467. The molecule has 0 amide bonds. The van der Waals surface area contributed by atoms with E-state index in [-0.39, 0.29) is 22.5 Å². The summed E-state index contributed by atoms with van der Waals surface area (Å²) >= 11 is 1.76. The third-order valence-corrected chi connectivity index (χ3v) is 4.57. The first-order chi connectivity index (χ1) is 11.5. The van der Waals surface area contributed by atoms with Crippen LogP contribution in [-0.2, 0) is 10.1 Å². The highest BCUT2D eigenvalue weighted by molar-refractivity contribution is 7.98. The summed E-state index contributed by atoms with van der Waals surface area (Å²) in [5, 5.41) is 16.6. The quantitative estimate of drug-likeness (QED) is 0.191. The molecular formula is C15H26N4O4S2. The number of hydrogen-bond donors (Lipinski definition) is 4. The van der Waals surface area contributed by atoms with Crippen LogP contribution in [0.3, 0.4) is 0 Å². The number of rotatable bonds is 6. The molecule has 6 N–H and O–H groups in total. The van der Waals surface area contributed by atoms with Gasteiger partial charge < -0.3 is 16.6 Å². The number of nitrogens with zero attached hydrogens (tertiary/aromatic N) is 2. The predicted octanol–water partition coefficient (Wildman–Crippen LogP) is 2.07. The number of benzene rings is 1. The van der Waals surface area contributed by atoms with Crippen molar-refractivity contribution in [3.05, 3.63) is 23.3 Å². The highest BCUT2D eigenvalue weighted by Gasteiger charge is 2.17.